The summed E-state index contributed by atoms with van der Waals surface area (Å²) in [6.45, 7) is 5.80. The molecule has 0 saturated carbocycles. The molecule has 8 heteroatoms. The fourth-order valence-corrected chi connectivity index (χ4v) is 4.84. The molecule has 0 aromatic heterocycles. The zero-order valence-electron chi connectivity index (χ0n) is 17.8. The first-order valence-corrected chi connectivity index (χ1v) is 9.90. The predicted molar refractivity (Wildman–Crippen MR) is 114 cm³/mol. The summed E-state index contributed by atoms with van der Waals surface area (Å²) in [7, 11) is 0. The third-order valence-corrected chi connectivity index (χ3v) is 5.71. The van der Waals surface area contributed by atoms with Crippen LogP contribution in [0.1, 0.15) is 49.3 Å². The lowest BCUT2D eigenvalue weighted by Crippen LogP contribution is -2.57. The van der Waals surface area contributed by atoms with E-state index in [-0.39, 0.29) is 5.75 Å². The van der Waals surface area contributed by atoms with E-state index in [0.29, 0.717) is 12.0 Å². The number of fused-ring (bicyclic) bond motifs is 1. The third-order valence-electron chi connectivity index (χ3n) is 5.71. The average molecular weight is 425 g/mol. The number of hydrogen-bond acceptors (Lipinski definition) is 5. The molecule has 31 heavy (non-hydrogen) atoms. The van der Waals surface area contributed by atoms with Crippen LogP contribution in [0.5, 0.6) is 5.75 Å². The number of carbonyl (C=O) groups is 3. The highest BCUT2D eigenvalue weighted by Gasteiger charge is 2.63. The molecule has 0 fully saturated rings. The van der Waals surface area contributed by atoms with Crippen LogP contribution >= 0.6 is 0 Å². The summed E-state index contributed by atoms with van der Waals surface area (Å²) in [5.74, 6) is -1.82. The van der Waals surface area contributed by atoms with E-state index in [0.717, 1.165) is 11.1 Å². The lowest BCUT2D eigenvalue weighted by molar-refractivity contribution is -0.144. The lowest BCUT2D eigenvalue weighted by Gasteiger charge is -2.42. The van der Waals surface area contributed by atoms with E-state index in [1.54, 1.807) is 18.2 Å². The van der Waals surface area contributed by atoms with Crippen molar-refractivity contribution in [3.63, 3.8) is 0 Å². The van der Waals surface area contributed by atoms with Crippen LogP contribution in [-0.2, 0) is 16.0 Å². The highest BCUT2D eigenvalue weighted by Crippen LogP contribution is 2.59. The highest BCUT2D eigenvalue weighted by atomic mass is 16.6. The number of hydrogen-bond donors (Lipinski definition) is 3. The summed E-state index contributed by atoms with van der Waals surface area (Å²) < 4.78 is 10.7. The number of benzene rings is 2. The molecule has 8 nitrogen and oxygen atoms in total. The molecule has 3 unspecified atom stereocenters. The molecule has 6 N–H and O–H groups in total. The Kier molecular flexibility index (Phi) is 5.67. The number of amides is 3. The Bertz CT molecular complexity index is 1020. The molecule has 0 bridgehead atoms. The first-order valence-electron chi connectivity index (χ1n) is 9.90. The first kappa shape index (κ1) is 22.1. The van der Waals surface area contributed by atoms with Gasteiger partial charge in [0.05, 0.1) is 0 Å². The molecular formula is C23H27N3O5. The highest BCUT2D eigenvalue weighted by molar-refractivity contribution is 5.90. The summed E-state index contributed by atoms with van der Waals surface area (Å²) in [4.78, 5) is 36.3. The van der Waals surface area contributed by atoms with Crippen LogP contribution in [0.2, 0.25) is 0 Å². The van der Waals surface area contributed by atoms with Crippen molar-refractivity contribution < 1.29 is 23.9 Å². The number of primary amides is 3. The largest absolute Gasteiger partial charge is 0.432 e. The van der Waals surface area contributed by atoms with Gasteiger partial charge in [0.15, 0.2) is 0 Å². The van der Waals surface area contributed by atoms with Gasteiger partial charge in [0.25, 0.3) is 5.91 Å². The van der Waals surface area contributed by atoms with Crippen LogP contribution in [0.4, 0.5) is 9.59 Å². The van der Waals surface area contributed by atoms with Gasteiger partial charge in [-0.2, -0.15) is 0 Å². The first-order chi connectivity index (χ1) is 14.5. The molecule has 0 aliphatic heterocycles. The minimum atomic E-state index is -1.73. The van der Waals surface area contributed by atoms with Crippen molar-refractivity contribution in [3.8, 4) is 5.75 Å². The van der Waals surface area contributed by atoms with Gasteiger partial charge in [0.1, 0.15) is 5.75 Å². The van der Waals surface area contributed by atoms with Gasteiger partial charge in [-0.05, 0) is 40.7 Å². The molecule has 3 rings (SSSR count). The predicted octanol–water partition coefficient (Wildman–Crippen LogP) is 2.93. The van der Waals surface area contributed by atoms with Gasteiger partial charge in [-0.3, -0.25) is 4.79 Å². The number of nitrogens with two attached hydrogens (primary N) is 3. The molecule has 1 aliphatic carbocycles. The molecule has 2 aromatic rings. The summed E-state index contributed by atoms with van der Waals surface area (Å²) in [6, 6.07) is 14.4. The number of rotatable bonds is 5. The second-order valence-electron chi connectivity index (χ2n) is 8.83. The average Bonchev–Trinajstić information content (AvgIpc) is 2.92. The fourth-order valence-electron chi connectivity index (χ4n) is 4.84. The Hall–Kier alpha value is -3.55. The van der Waals surface area contributed by atoms with E-state index in [1.807, 2.05) is 51.1 Å². The van der Waals surface area contributed by atoms with Crippen molar-refractivity contribution in [2.45, 2.75) is 44.6 Å². The van der Waals surface area contributed by atoms with E-state index < -0.39 is 40.9 Å². The minimum Gasteiger partial charge on any atom is -0.432 e. The minimum absolute atomic E-state index is 0.219. The second-order valence-corrected chi connectivity index (χ2v) is 8.83. The van der Waals surface area contributed by atoms with Gasteiger partial charge in [-0.15, -0.1) is 0 Å². The Morgan fingerprint density at radius 3 is 2.10 bits per heavy atom. The van der Waals surface area contributed by atoms with Crippen LogP contribution in [0, 0.1) is 5.41 Å². The maximum Gasteiger partial charge on any atom is 0.409 e. The van der Waals surface area contributed by atoms with Crippen molar-refractivity contribution >= 4 is 18.1 Å². The Morgan fingerprint density at radius 1 is 0.935 bits per heavy atom. The third kappa shape index (κ3) is 4.05. The van der Waals surface area contributed by atoms with Gasteiger partial charge in [-0.25, -0.2) is 9.59 Å². The van der Waals surface area contributed by atoms with Crippen molar-refractivity contribution in [2.24, 2.45) is 22.6 Å². The van der Waals surface area contributed by atoms with E-state index in [9.17, 15) is 14.4 Å². The van der Waals surface area contributed by atoms with E-state index in [2.05, 4.69) is 0 Å². The van der Waals surface area contributed by atoms with Crippen LogP contribution in [0.3, 0.4) is 0 Å². The van der Waals surface area contributed by atoms with Crippen LogP contribution < -0.4 is 21.9 Å². The van der Waals surface area contributed by atoms with Crippen molar-refractivity contribution in [3.05, 3.63) is 65.2 Å². The zero-order valence-corrected chi connectivity index (χ0v) is 17.8. The summed E-state index contributed by atoms with van der Waals surface area (Å²) in [5.41, 5.74) is 16.6. The second kappa shape index (κ2) is 7.94. The van der Waals surface area contributed by atoms with Crippen LogP contribution in [0.15, 0.2) is 48.5 Å². The standard InChI is InChI=1S/C23H27N3O5/c1-22(2,3)18-15-10-9-14(30-20(25)28)12-16(15)17(11-13-7-5-4-6-8-13)23(18,19(24)27)31-21(26)29/h4-10,12,17-18H,11H2,1-3H3,(H2,24,27)(H2,25,28)(H2,26,29). The van der Waals surface area contributed by atoms with E-state index in [1.165, 1.54) is 0 Å². The summed E-state index contributed by atoms with van der Waals surface area (Å²) in [5, 5.41) is 0. The molecular weight excluding hydrogens is 398 g/mol. The van der Waals surface area contributed by atoms with Gasteiger partial charge in [0.2, 0.25) is 5.60 Å². The molecule has 0 spiro atoms. The lowest BCUT2D eigenvalue weighted by atomic mass is 9.67. The molecule has 3 amide bonds. The van der Waals surface area contributed by atoms with Gasteiger partial charge < -0.3 is 26.7 Å². The molecule has 164 valence electrons. The van der Waals surface area contributed by atoms with Crippen LogP contribution in [-0.4, -0.2) is 23.7 Å². The molecule has 0 saturated heterocycles. The monoisotopic (exact) mass is 425 g/mol. The maximum atomic E-state index is 13.0. The molecule has 1 aliphatic rings. The fraction of sp³-hybridized carbons (Fsp3) is 0.348. The maximum absolute atomic E-state index is 13.0. The molecule has 2 aromatic carbocycles. The van der Waals surface area contributed by atoms with Gasteiger partial charge in [-0.1, -0.05) is 57.2 Å². The Morgan fingerprint density at radius 2 is 1.58 bits per heavy atom. The van der Waals surface area contributed by atoms with E-state index >= 15 is 0 Å². The van der Waals surface area contributed by atoms with E-state index in [4.69, 9.17) is 26.7 Å². The van der Waals surface area contributed by atoms with Crippen molar-refractivity contribution in [1.82, 2.24) is 0 Å². The molecule has 0 heterocycles. The van der Waals surface area contributed by atoms with Crippen molar-refractivity contribution in [2.75, 3.05) is 0 Å². The van der Waals surface area contributed by atoms with Gasteiger partial charge in [0, 0.05) is 11.8 Å². The zero-order chi connectivity index (χ0) is 23.0. The summed E-state index contributed by atoms with van der Waals surface area (Å²) >= 11 is 0. The topological polar surface area (TPSA) is 148 Å². The molecule has 0 radical (unpaired) electrons. The summed E-state index contributed by atoms with van der Waals surface area (Å²) in [6.07, 6.45) is -1.71. The Balaban J connectivity index is 2.29. The van der Waals surface area contributed by atoms with Gasteiger partial charge >= 0.3 is 12.2 Å². The Labute approximate surface area is 180 Å². The van der Waals surface area contributed by atoms with Crippen molar-refractivity contribution in [1.29, 1.82) is 0 Å². The van der Waals surface area contributed by atoms with Crippen LogP contribution in [0.25, 0.3) is 0 Å². The molecule has 3 atom stereocenters. The quantitative estimate of drug-likeness (QED) is 0.673. The number of ether oxygens (including phenoxy) is 2. The smallest absolute Gasteiger partial charge is 0.409 e. The normalized spacial score (nSPS) is 22.4. The SMILES string of the molecule is CC(C)(C)C1c2ccc(OC(N)=O)cc2C(Cc2ccccc2)C1(OC(N)=O)C(N)=O. The number of carbonyl (C=O) groups excluding carboxylic acids is 3.